The molecule has 26 heavy (non-hydrogen) atoms. The first-order valence-electron chi connectivity index (χ1n) is 9.18. The quantitative estimate of drug-likeness (QED) is 0.551. The van der Waals surface area contributed by atoms with Gasteiger partial charge in [-0.15, -0.1) is 0 Å². The Kier molecular flexibility index (Phi) is 6.13. The number of benzene rings is 2. The summed E-state index contributed by atoms with van der Waals surface area (Å²) in [6.07, 6.45) is 6.66. The van der Waals surface area contributed by atoms with E-state index in [0.29, 0.717) is 23.0 Å². The highest BCUT2D eigenvalue weighted by Crippen LogP contribution is 2.60. The van der Waals surface area contributed by atoms with Gasteiger partial charge in [0.05, 0.1) is 17.2 Å². The Morgan fingerprint density at radius 3 is 2.46 bits per heavy atom. The molecule has 0 fully saturated rings. The number of unbranched alkanes of at least 4 members (excludes halogenated alkanes) is 1. The van der Waals surface area contributed by atoms with Crippen molar-refractivity contribution in [2.75, 3.05) is 6.61 Å². The van der Waals surface area contributed by atoms with Crippen molar-refractivity contribution in [2.24, 2.45) is 0 Å². The maximum atomic E-state index is 14.0. The van der Waals surface area contributed by atoms with Crippen LogP contribution in [0.5, 0.6) is 5.75 Å². The Balaban J connectivity index is 2.10. The summed E-state index contributed by atoms with van der Waals surface area (Å²) in [7, 11) is -3.18. The fraction of sp³-hybridized carbons (Fsp3) is 0.273. The molecule has 0 radical (unpaired) electrons. The minimum atomic E-state index is -3.18. The van der Waals surface area contributed by atoms with Crippen molar-refractivity contribution >= 4 is 18.7 Å². The zero-order valence-corrected chi connectivity index (χ0v) is 16.2. The van der Waals surface area contributed by atoms with E-state index >= 15 is 0 Å². The van der Waals surface area contributed by atoms with Gasteiger partial charge in [0.25, 0.3) is 7.37 Å². The first-order valence-corrected chi connectivity index (χ1v) is 10.8. The molecule has 1 aliphatic heterocycles. The first-order chi connectivity index (χ1) is 12.7. The van der Waals surface area contributed by atoms with Crippen molar-refractivity contribution in [3.05, 3.63) is 77.3 Å². The van der Waals surface area contributed by atoms with E-state index < -0.39 is 7.37 Å². The highest BCUT2D eigenvalue weighted by molar-refractivity contribution is 7.71. The van der Waals surface area contributed by atoms with E-state index in [0.717, 1.165) is 30.6 Å². The van der Waals surface area contributed by atoms with Gasteiger partial charge < -0.3 is 9.26 Å². The Morgan fingerprint density at radius 2 is 1.73 bits per heavy atom. The molecule has 0 spiro atoms. The van der Waals surface area contributed by atoms with E-state index in [1.54, 1.807) is 0 Å². The molecule has 1 unspecified atom stereocenters. The van der Waals surface area contributed by atoms with Crippen LogP contribution in [-0.4, -0.2) is 6.61 Å². The van der Waals surface area contributed by atoms with E-state index in [2.05, 4.69) is 6.92 Å². The lowest BCUT2D eigenvalue weighted by Gasteiger charge is -2.29. The third-order valence-corrected chi connectivity index (χ3v) is 6.98. The van der Waals surface area contributed by atoms with Crippen LogP contribution < -0.4 is 10.0 Å². The van der Waals surface area contributed by atoms with Crippen LogP contribution in [0.1, 0.15) is 38.7 Å². The second-order valence-electron chi connectivity index (χ2n) is 6.20. The van der Waals surface area contributed by atoms with Gasteiger partial charge in [-0.3, -0.25) is 4.57 Å². The van der Waals surface area contributed by atoms with Crippen molar-refractivity contribution in [1.29, 1.82) is 0 Å². The third kappa shape index (κ3) is 3.85. The molecule has 3 rings (SSSR count). The van der Waals surface area contributed by atoms with E-state index in [9.17, 15) is 4.57 Å². The van der Waals surface area contributed by atoms with Crippen LogP contribution in [0.15, 0.2) is 71.7 Å². The Morgan fingerprint density at radius 1 is 1.00 bits per heavy atom. The molecule has 4 heteroatoms. The van der Waals surface area contributed by atoms with Gasteiger partial charge in [0.15, 0.2) is 0 Å². The molecule has 0 N–H and O–H groups in total. The van der Waals surface area contributed by atoms with Gasteiger partial charge in [0.2, 0.25) is 0 Å². The number of fused-ring (bicyclic) bond motifs is 1. The molecule has 2 aromatic rings. The second kappa shape index (κ2) is 8.53. The molecule has 1 atom stereocenters. The summed E-state index contributed by atoms with van der Waals surface area (Å²) >= 11 is 0. The smallest absolute Gasteiger partial charge is 0.268 e. The highest BCUT2D eigenvalue weighted by atomic mass is 31.2. The molecule has 2 aromatic carbocycles. The predicted octanol–water partition coefficient (Wildman–Crippen LogP) is 6.13. The Bertz CT molecular complexity index is 853. The van der Waals surface area contributed by atoms with Crippen molar-refractivity contribution in [3.8, 4) is 5.75 Å². The summed E-state index contributed by atoms with van der Waals surface area (Å²) < 4.78 is 26.0. The highest BCUT2D eigenvalue weighted by Gasteiger charge is 2.39. The molecule has 136 valence electrons. The Labute approximate surface area is 155 Å². The van der Waals surface area contributed by atoms with E-state index in [-0.39, 0.29) is 0 Å². The molecule has 3 nitrogen and oxygen atoms in total. The number of rotatable bonds is 7. The SMILES string of the molecule is CCCCC1=C(/C=C/c2ccccc2)P(=O)(OCC)c2ccccc2O1. The lowest BCUT2D eigenvalue weighted by Crippen LogP contribution is -2.20. The fourth-order valence-electron chi connectivity index (χ4n) is 3.03. The zero-order chi connectivity index (χ0) is 18.4. The van der Waals surface area contributed by atoms with Crippen LogP contribution in [0.4, 0.5) is 0 Å². The Hall–Kier alpha value is -2.09. The van der Waals surface area contributed by atoms with Gasteiger partial charge in [0.1, 0.15) is 11.5 Å². The van der Waals surface area contributed by atoms with Crippen molar-refractivity contribution in [2.45, 2.75) is 33.1 Å². The third-order valence-electron chi connectivity index (χ3n) is 4.32. The number of ether oxygens (including phenoxy) is 1. The maximum Gasteiger partial charge on any atom is 0.268 e. The largest absolute Gasteiger partial charge is 0.460 e. The molecular weight excluding hydrogens is 343 g/mol. The second-order valence-corrected chi connectivity index (χ2v) is 8.52. The van der Waals surface area contributed by atoms with Crippen LogP contribution in [0.3, 0.4) is 0 Å². The van der Waals surface area contributed by atoms with E-state index in [1.165, 1.54) is 0 Å². The molecule has 0 saturated heterocycles. The zero-order valence-electron chi connectivity index (χ0n) is 15.4. The fourth-order valence-corrected chi connectivity index (χ4v) is 5.38. The van der Waals surface area contributed by atoms with Crippen LogP contribution in [-0.2, 0) is 9.09 Å². The van der Waals surface area contributed by atoms with Gasteiger partial charge >= 0.3 is 0 Å². The monoisotopic (exact) mass is 368 g/mol. The molecule has 0 saturated carbocycles. The summed E-state index contributed by atoms with van der Waals surface area (Å²) in [4.78, 5) is 0. The molecule has 1 aliphatic rings. The van der Waals surface area contributed by atoms with Crippen molar-refractivity contribution in [1.82, 2.24) is 0 Å². The summed E-state index contributed by atoms with van der Waals surface area (Å²) in [6.45, 7) is 4.40. The van der Waals surface area contributed by atoms with Gasteiger partial charge in [-0.25, -0.2) is 0 Å². The van der Waals surface area contributed by atoms with Gasteiger partial charge in [-0.1, -0.05) is 61.9 Å². The summed E-state index contributed by atoms with van der Waals surface area (Å²) in [5.74, 6) is 1.40. The van der Waals surface area contributed by atoms with Crippen LogP contribution in [0.2, 0.25) is 0 Å². The van der Waals surface area contributed by atoms with Crippen molar-refractivity contribution < 1.29 is 13.8 Å². The molecular formula is C22H25O3P. The minimum Gasteiger partial charge on any atom is -0.460 e. The van der Waals surface area contributed by atoms with Gasteiger partial charge in [-0.2, -0.15) is 0 Å². The van der Waals surface area contributed by atoms with Crippen molar-refractivity contribution in [3.63, 3.8) is 0 Å². The minimum absolute atomic E-state index is 0.384. The number of hydrogen-bond donors (Lipinski definition) is 0. The van der Waals surface area contributed by atoms with Crippen LogP contribution in [0, 0.1) is 0 Å². The van der Waals surface area contributed by atoms with Crippen LogP contribution in [0.25, 0.3) is 6.08 Å². The van der Waals surface area contributed by atoms with Crippen LogP contribution >= 0.6 is 7.37 Å². The normalized spacial score (nSPS) is 19.5. The first kappa shape index (κ1) is 18.7. The van der Waals surface area contributed by atoms with Gasteiger partial charge in [0, 0.05) is 6.42 Å². The molecule has 0 aromatic heterocycles. The molecule has 0 aliphatic carbocycles. The van der Waals surface area contributed by atoms with E-state index in [1.807, 2.05) is 73.7 Å². The standard InChI is InChI=1S/C22H25O3P/c1-3-5-13-19-22(17-16-18-11-7-6-8-12-18)26(23,24-4-2)21-15-10-9-14-20(21)25-19/h6-12,14-17H,3-5,13H2,1-2H3/b17-16+. The lowest BCUT2D eigenvalue weighted by molar-refractivity contribution is 0.335. The number of allylic oxidation sites excluding steroid dienone is 3. The topological polar surface area (TPSA) is 35.5 Å². The summed E-state index contributed by atoms with van der Waals surface area (Å²) in [5.41, 5.74) is 1.05. The predicted molar refractivity (Wildman–Crippen MR) is 108 cm³/mol. The average molecular weight is 368 g/mol. The summed E-state index contributed by atoms with van der Waals surface area (Å²) in [5, 5.41) is 1.32. The molecule has 0 bridgehead atoms. The van der Waals surface area contributed by atoms with E-state index in [4.69, 9.17) is 9.26 Å². The molecule has 1 heterocycles. The number of hydrogen-bond acceptors (Lipinski definition) is 3. The molecule has 0 amide bonds. The lowest BCUT2D eigenvalue weighted by atomic mass is 10.2. The van der Waals surface area contributed by atoms with Gasteiger partial charge in [-0.05, 0) is 37.1 Å². The summed E-state index contributed by atoms with van der Waals surface area (Å²) in [6, 6.07) is 17.5. The maximum absolute atomic E-state index is 14.0. The average Bonchev–Trinajstić information content (AvgIpc) is 2.67. The number of para-hydroxylation sites is 1.